The number of benzene rings is 2. The van der Waals surface area contributed by atoms with Crippen LogP contribution in [-0.4, -0.2) is 45.5 Å². The van der Waals surface area contributed by atoms with Crippen molar-refractivity contribution in [3.8, 4) is 5.75 Å². The standard InChI is InChI=1S/C17H17Cl2N3O4S/c1-22(27(24,25)14-6-7-16(26-2)15(19)9-14)11-17(23)21-20-10-12-4-3-5-13(18)8-12/h3-10H,11H2,1-2H3,(H,21,23). The summed E-state index contributed by atoms with van der Waals surface area (Å²) in [6.07, 6.45) is 1.40. The van der Waals surface area contributed by atoms with Crippen molar-refractivity contribution in [2.75, 3.05) is 20.7 Å². The lowest BCUT2D eigenvalue weighted by Crippen LogP contribution is -2.36. The number of carbonyl (C=O) groups excluding carboxylic acids is 1. The van der Waals surface area contributed by atoms with E-state index in [1.54, 1.807) is 24.3 Å². The summed E-state index contributed by atoms with van der Waals surface area (Å²) in [5.74, 6) is -0.245. The molecule has 0 unspecified atom stereocenters. The number of hydrogen-bond donors (Lipinski definition) is 1. The third-order valence-corrected chi connectivity index (χ3v) is 5.78. The third-order valence-electron chi connectivity index (χ3n) is 3.45. The molecule has 2 aromatic rings. The Balaban J connectivity index is 2.01. The van der Waals surface area contributed by atoms with Gasteiger partial charge in [-0.25, -0.2) is 13.8 Å². The van der Waals surface area contributed by atoms with Crippen molar-refractivity contribution >= 4 is 45.3 Å². The molecule has 10 heteroatoms. The van der Waals surface area contributed by atoms with E-state index in [2.05, 4.69) is 10.5 Å². The zero-order chi connectivity index (χ0) is 20.0. The van der Waals surface area contributed by atoms with Crippen molar-refractivity contribution in [1.29, 1.82) is 0 Å². The van der Waals surface area contributed by atoms with Crippen LogP contribution in [0.2, 0.25) is 10.0 Å². The number of rotatable bonds is 7. The first kappa shape index (κ1) is 21.2. The van der Waals surface area contributed by atoms with Crippen molar-refractivity contribution in [3.05, 3.63) is 58.1 Å². The number of nitrogens with zero attached hydrogens (tertiary/aromatic N) is 2. The van der Waals surface area contributed by atoms with Gasteiger partial charge in [-0.3, -0.25) is 4.79 Å². The predicted molar refractivity (Wildman–Crippen MR) is 105 cm³/mol. The summed E-state index contributed by atoms with van der Waals surface area (Å²) in [6.45, 7) is -0.418. The summed E-state index contributed by atoms with van der Waals surface area (Å²) in [6, 6.07) is 10.9. The Morgan fingerprint density at radius 1 is 1.26 bits per heavy atom. The highest BCUT2D eigenvalue weighted by Gasteiger charge is 2.23. The molecule has 0 atom stereocenters. The van der Waals surface area contributed by atoms with Crippen LogP contribution in [0.5, 0.6) is 5.75 Å². The molecule has 2 rings (SSSR count). The van der Waals surface area contributed by atoms with Crippen molar-refractivity contribution < 1.29 is 17.9 Å². The van der Waals surface area contributed by atoms with E-state index in [0.717, 1.165) is 4.31 Å². The van der Waals surface area contributed by atoms with Gasteiger partial charge in [0.25, 0.3) is 5.91 Å². The van der Waals surface area contributed by atoms with Gasteiger partial charge in [-0.1, -0.05) is 35.3 Å². The Kier molecular flexibility index (Phi) is 7.20. The Labute approximate surface area is 167 Å². The van der Waals surface area contributed by atoms with Crippen LogP contribution in [0.1, 0.15) is 5.56 Å². The quantitative estimate of drug-likeness (QED) is 0.541. The molecule has 0 heterocycles. The Morgan fingerprint density at radius 2 is 2.00 bits per heavy atom. The lowest BCUT2D eigenvalue weighted by molar-refractivity contribution is -0.121. The summed E-state index contributed by atoms with van der Waals surface area (Å²) >= 11 is 11.8. The first-order valence-corrected chi connectivity index (χ1v) is 9.81. The maximum atomic E-state index is 12.5. The molecule has 0 fully saturated rings. The van der Waals surface area contributed by atoms with Gasteiger partial charge in [0.2, 0.25) is 10.0 Å². The Hall–Kier alpha value is -2.13. The molecule has 27 heavy (non-hydrogen) atoms. The molecular weight excluding hydrogens is 413 g/mol. The van der Waals surface area contributed by atoms with Crippen LogP contribution < -0.4 is 10.2 Å². The van der Waals surface area contributed by atoms with Gasteiger partial charge >= 0.3 is 0 Å². The van der Waals surface area contributed by atoms with Crippen molar-refractivity contribution in [2.45, 2.75) is 4.90 Å². The van der Waals surface area contributed by atoms with E-state index < -0.39 is 22.5 Å². The lowest BCUT2D eigenvalue weighted by Gasteiger charge is -2.16. The van der Waals surface area contributed by atoms with E-state index >= 15 is 0 Å². The largest absolute Gasteiger partial charge is 0.495 e. The minimum absolute atomic E-state index is 0.0500. The predicted octanol–water partition coefficient (Wildman–Crippen LogP) is 2.77. The number of methoxy groups -OCH3 is 1. The molecular formula is C17H17Cl2N3O4S. The van der Waals surface area contributed by atoms with Gasteiger partial charge in [-0.05, 0) is 35.9 Å². The lowest BCUT2D eigenvalue weighted by atomic mass is 10.2. The minimum Gasteiger partial charge on any atom is -0.495 e. The van der Waals surface area contributed by atoms with E-state index in [1.165, 1.54) is 38.6 Å². The average molecular weight is 430 g/mol. The second-order valence-corrected chi connectivity index (χ2v) is 8.29. The smallest absolute Gasteiger partial charge is 0.255 e. The average Bonchev–Trinajstić information content (AvgIpc) is 2.61. The van der Waals surface area contributed by atoms with Crippen LogP contribution in [0.3, 0.4) is 0 Å². The molecule has 2 aromatic carbocycles. The monoisotopic (exact) mass is 429 g/mol. The Morgan fingerprint density at radius 3 is 2.63 bits per heavy atom. The van der Waals surface area contributed by atoms with Crippen LogP contribution in [0.25, 0.3) is 0 Å². The molecule has 0 bridgehead atoms. The first-order chi connectivity index (χ1) is 12.7. The number of hydrogen-bond acceptors (Lipinski definition) is 5. The molecule has 1 amide bonds. The fourth-order valence-corrected chi connectivity index (χ4v) is 3.75. The summed E-state index contributed by atoms with van der Waals surface area (Å²) in [7, 11) is -1.19. The summed E-state index contributed by atoms with van der Waals surface area (Å²) < 4.78 is 31.0. The number of carbonyl (C=O) groups is 1. The third kappa shape index (κ3) is 5.67. The maximum absolute atomic E-state index is 12.5. The van der Waals surface area contributed by atoms with Crippen LogP contribution >= 0.6 is 23.2 Å². The van der Waals surface area contributed by atoms with Crippen LogP contribution in [0.15, 0.2) is 52.5 Å². The van der Waals surface area contributed by atoms with Crippen molar-refractivity contribution in [2.24, 2.45) is 5.10 Å². The van der Waals surface area contributed by atoms with E-state index in [-0.39, 0.29) is 9.92 Å². The highest BCUT2D eigenvalue weighted by atomic mass is 35.5. The van der Waals surface area contributed by atoms with Gasteiger partial charge in [0.15, 0.2) is 0 Å². The number of ether oxygens (including phenoxy) is 1. The zero-order valence-electron chi connectivity index (χ0n) is 14.5. The Bertz CT molecular complexity index is 964. The molecule has 0 aromatic heterocycles. The molecule has 0 aliphatic carbocycles. The normalized spacial score (nSPS) is 11.7. The van der Waals surface area contributed by atoms with Gasteiger partial charge in [0, 0.05) is 12.1 Å². The summed E-state index contributed by atoms with van der Waals surface area (Å²) in [5.41, 5.74) is 2.96. The SMILES string of the molecule is COc1ccc(S(=O)(=O)N(C)CC(=O)NN=Cc2cccc(Cl)c2)cc1Cl. The van der Waals surface area contributed by atoms with E-state index in [4.69, 9.17) is 27.9 Å². The van der Waals surface area contributed by atoms with Gasteiger partial charge < -0.3 is 4.74 Å². The maximum Gasteiger partial charge on any atom is 0.255 e. The molecule has 0 aliphatic heterocycles. The van der Waals surface area contributed by atoms with E-state index in [9.17, 15) is 13.2 Å². The second kappa shape index (κ2) is 9.18. The molecule has 144 valence electrons. The molecule has 0 saturated heterocycles. The fraction of sp³-hybridized carbons (Fsp3) is 0.176. The fourth-order valence-electron chi connectivity index (χ4n) is 2.08. The molecule has 1 N–H and O–H groups in total. The topological polar surface area (TPSA) is 88.1 Å². The molecule has 7 nitrogen and oxygen atoms in total. The number of amides is 1. The number of likely N-dealkylation sites (N-methyl/N-ethyl adjacent to an activating group) is 1. The highest BCUT2D eigenvalue weighted by molar-refractivity contribution is 7.89. The van der Waals surface area contributed by atoms with Gasteiger partial charge in [0.05, 0.1) is 29.8 Å². The molecule has 0 radical (unpaired) electrons. The molecule has 0 saturated carbocycles. The van der Waals surface area contributed by atoms with Crippen molar-refractivity contribution in [1.82, 2.24) is 9.73 Å². The van der Waals surface area contributed by atoms with Gasteiger partial charge in [-0.15, -0.1) is 0 Å². The van der Waals surface area contributed by atoms with E-state index in [1.807, 2.05) is 0 Å². The molecule has 0 spiro atoms. The highest BCUT2D eigenvalue weighted by Crippen LogP contribution is 2.27. The summed E-state index contributed by atoms with van der Waals surface area (Å²) in [4.78, 5) is 11.9. The van der Waals surface area contributed by atoms with Gasteiger partial charge in [0.1, 0.15) is 5.75 Å². The van der Waals surface area contributed by atoms with Crippen molar-refractivity contribution in [3.63, 3.8) is 0 Å². The van der Waals surface area contributed by atoms with Crippen LogP contribution in [0, 0.1) is 0 Å². The zero-order valence-corrected chi connectivity index (χ0v) is 16.8. The van der Waals surface area contributed by atoms with E-state index in [0.29, 0.717) is 16.3 Å². The number of halogens is 2. The summed E-state index contributed by atoms with van der Waals surface area (Å²) in [5, 5.41) is 4.48. The second-order valence-electron chi connectivity index (χ2n) is 5.41. The number of nitrogens with one attached hydrogen (secondary N) is 1. The first-order valence-electron chi connectivity index (χ1n) is 7.61. The minimum atomic E-state index is -3.90. The molecule has 0 aliphatic rings. The number of hydrazone groups is 1. The van der Waals surface area contributed by atoms with Crippen LogP contribution in [-0.2, 0) is 14.8 Å². The van der Waals surface area contributed by atoms with Crippen LogP contribution in [0.4, 0.5) is 0 Å². The van der Waals surface area contributed by atoms with Gasteiger partial charge in [-0.2, -0.15) is 9.41 Å². The number of sulfonamides is 1.